The van der Waals surface area contributed by atoms with Gasteiger partial charge in [-0.15, -0.1) is 0 Å². The van der Waals surface area contributed by atoms with Gasteiger partial charge in [0.2, 0.25) is 0 Å². The minimum atomic E-state index is -0.262. The number of hydrogen-bond donors (Lipinski definition) is 2. The molecule has 0 aromatic heterocycles. The maximum absolute atomic E-state index is 12.6. The first kappa shape index (κ1) is 18.6. The lowest BCUT2D eigenvalue weighted by molar-refractivity contribution is 0.0966. The third-order valence-electron chi connectivity index (χ3n) is 4.95. The molecule has 0 saturated heterocycles. The topological polar surface area (TPSA) is 76.7 Å². The number of anilines is 1. The van der Waals surface area contributed by atoms with Crippen molar-refractivity contribution >= 4 is 17.5 Å². The molecule has 0 saturated carbocycles. The normalized spacial score (nSPS) is 12.1. The summed E-state index contributed by atoms with van der Waals surface area (Å²) in [5.74, 6) is 0.857. The van der Waals surface area contributed by atoms with Crippen LogP contribution >= 0.6 is 0 Å². The molecule has 0 spiro atoms. The van der Waals surface area contributed by atoms with Crippen LogP contribution in [0.25, 0.3) is 11.1 Å². The van der Waals surface area contributed by atoms with Gasteiger partial charge in [0.1, 0.15) is 11.5 Å². The van der Waals surface area contributed by atoms with Gasteiger partial charge in [-0.25, -0.2) is 0 Å². The summed E-state index contributed by atoms with van der Waals surface area (Å²) in [7, 11) is 3.19. The highest BCUT2D eigenvalue weighted by atomic mass is 16.5. The number of amides is 2. The number of nitrogens with one attached hydrogen (secondary N) is 2. The Morgan fingerprint density at radius 1 is 0.966 bits per heavy atom. The van der Waals surface area contributed by atoms with Gasteiger partial charge >= 0.3 is 0 Å². The molecule has 146 valence electrons. The van der Waals surface area contributed by atoms with E-state index in [-0.39, 0.29) is 11.8 Å². The van der Waals surface area contributed by atoms with Gasteiger partial charge in [-0.2, -0.15) is 0 Å². The third-order valence-corrected chi connectivity index (χ3v) is 4.95. The molecule has 1 heterocycles. The van der Waals surface area contributed by atoms with Crippen LogP contribution in [-0.2, 0) is 6.54 Å². The summed E-state index contributed by atoms with van der Waals surface area (Å²) >= 11 is 0. The maximum atomic E-state index is 12.6. The highest BCUT2D eigenvalue weighted by Gasteiger charge is 2.27. The number of benzene rings is 3. The van der Waals surface area contributed by atoms with Crippen LogP contribution in [0.3, 0.4) is 0 Å². The Morgan fingerprint density at radius 2 is 1.72 bits per heavy atom. The molecule has 0 radical (unpaired) electrons. The molecular weight excluding hydrogens is 368 g/mol. The van der Waals surface area contributed by atoms with Gasteiger partial charge in [-0.05, 0) is 41.5 Å². The highest BCUT2D eigenvalue weighted by molar-refractivity contribution is 6.11. The van der Waals surface area contributed by atoms with Crippen molar-refractivity contribution in [1.82, 2.24) is 5.32 Å². The van der Waals surface area contributed by atoms with Crippen LogP contribution in [0.4, 0.5) is 5.69 Å². The monoisotopic (exact) mass is 388 g/mol. The number of carbonyl (C=O) groups is 2. The number of methoxy groups -OCH3 is 2. The van der Waals surface area contributed by atoms with Crippen LogP contribution in [-0.4, -0.2) is 26.0 Å². The summed E-state index contributed by atoms with van der Waals surface area (Å²) < 4.78 is 10.8. The van der Waals surface area contributed by atoms with Crippen LogP contribution in [0.1, 0.15) is 26.3 Å². The quantitative estimate of drug-likeness (QED) is 0.696. The van der Waals surface area contributed by atoms with E-state index in [0.717, 1.165) is 16.7 Å². The largest absolute Gasteiger partial charge is 0.497 e. The Bertz CT molecular complexity index is 1090. The van der Waals surface area contributed by atoms with Crippen LogP contribution in [0.15, 0.2) is 60.7 Å². The van der Waals surface area contributed by atoms with Crippen LogP contribution in [0, 0.1) is 0 Å². The molecule has 0 aliphatic carbocycles. The second kappa shape index (κ2) is 7.67. The average Bonchev–Trinajstić information content (AvgIpc) is 3.16. The first-order valence-electron chi connectivity index (χ1n) is 9.15. The van der Waals surface area contributed by atoms with Gasteiger partial charge in [-0.1, -0.05) is 24.3 Å². The summed E-state index contributed by atoms with van der Waals surface area (Å²) in [4.78, 5) is 25.1. The predicted octanol–water partition coefficient (Wildman–Crippen LogP) is 3.87. The highest BCUT2D eigenvalue weighted by Crippen LogP contribution is 2.39. The van der Waals surface area contributed by atoms with Gasteiger partial charge in [0, 0.05) is 23.7 Å². The van der Waals surface area contributed by atoms with Crippen molar-refractivity contribution in [3.8, 4) is 22.6 Å². The van der Waals surface area contributed by atoms with E-state index in [2.05, 4.69) is 10.6 Å². The van der Waals surface area contributed by atoms with Crippen LogP contribution in [0.5, 0.6) is 11.5 Å². The summed E-state index contributed by atoms with van der Waals surface area (Å²) in [5.41, 5.74) is 4.03. The Morgan fingerprint density at radius 3 is 2.45 bits per heavy atom. The molecule has 1 aliphatic heterocycles. The summed E-state index contributed by atoms with van der Waals surface area (Å²) in [6.45, 7) is 0.383. The molecular formula is C23H20N2O4. The molecule has 6 heteroatoms. The molecule has 4 rings (SSSR count). The van der Waals surface area contributed by atoms with Crippen molar-refractivity contribution in [2.45, 2.75) is 6.54 Å². The minimum Gasteiger partial charge on any atom is -0.497 e. The van der Waals surface area contributed by atoms with Crippen molar-refractivity contribution < 1.29 is 19.1 Å². The molecule has 1 aliphatic rings. The number of carbonyl (C=O) groups excluding carboxylic acids is 2. The molecule has 2 amide bonds. The third kappa shape index (κ3) is 3.40. The summed E-state index contributed by atoms with van der Waals surface area (Å²) in [6.07, 6.45) is 0. The fourth-order valence-electron chi connectivity index (χ4n) is 3.51. The van der Waals surface area contributed by atoms with Crippen molar-refractivity contribution in [3.05, 3.63) is 77.4 Å². The molecule has 3 aromatic rings. The van der Waals surface area contributed by atoms with E-state index in [1.54, 1.807) is 50.6 Å². The smallest absolute Gasteiger partial charge is 0.255 e. The van der Waals surface area contributed by atoms with Crippen molar-refractivity contribution in [1.29, 1.82) is 0 Å². The molecule has 0 unspecified atom stereocenters. The molecule has 0 bridgehead atoms. The number of rotatable bonds is 5. The van der Waals surface area contributed by atoms with Gasteiger partial charge in [0.15, 0.2) is 0 Å². The lowest BCUT2D eigenvalue weighted by Gasteiger charge is -2.15. The first-order valence-corrected chi connectivity index (χ1v) is 9.15. The van der Waals surface area contributed by atoms with E-state index in [4.69, 9.17) is 9.47 Å². The van der Waals surface area contributed by atoms with Crippen molar-refractivity contribution in [2.24, 2.45) is 0 Å². The van der Waals surface area contributed by atoms with E-state index >= 15 is 0 Å². The van der Waals surface area contributed by atoms with Crippen molar-refractivity contribution in [2.75, 3.05) is 19.5 Å². The average molecular weight is 388 g/mol. The van der Waals surface area contributed by atoms with Crippen molar-refractivity contribution in [3.63, 3.8) is 0 Å². The van der Waals surface area contributed by atoms with Gasteiger partial charge in [-0.3, -0.25) is 9.59 Å². The van der Waals surface area contributed by atoms with Gasteiger partial charge in [0.25, 0.3) is 11.8 Å². The fourth-order valence-corrected chi connectivity index (χ4v) is 3.51. The SMILES string of the molecule is COc1ccc(-c2ccc(NC(=O)c3ccccc3)c3c2CNC3=O)c(OC)c1. The molecule has 3 aromatic carbocycles. The lowest BCUT2D eigenvalue weighted by atomic mass is 9.94. The minimum absolute atomic E-state index is 0.210. The Hall–Kier alpha value is -3.80. The standard InChI is InChI=1S/C23H20N2O4/c1-28-15-8-9-17(20(12-15)29-2)16-10-11-19(21-18(16)13-24-23(21)27)25-22(26)14-6-4-3-5-7-14/h3-12H,13H2,1-2H3,(H,24,27)(H,25,26). The maximum Gasteiger partial charge on any atom is 0.255 e. The lowest BCUT2D eigenvalue weighted by Crippen LogP contribution is -2.17. The number of fused-ring (bicyclic) bond motifs is 1. The fraction of sp³-hybridized carbons (Fsp3) is 0.130. The molecule has 0 fully saturated rings. The predicted molar refractivity (Wildman–Crippen MR) is 111 cm³/mol. The van der Waals surface area contributed by atoms with E-state index in [1.165, 1.54) is 0 Å². The zero-order valence-electron chi connectivity index (χ0n) is 16.1. The first-order chi connectivity index (χ1) is 14.1. The number of ether oxygens (including phenoxy) is 2. The molecule has 6 nitrogen and oxygen atoms in total. The van der Waals surface area contributed by atoms with Gasteiger partial charge in [0.05, 0.1) is 25.5 Å². The Labute approximate surface area is 168 Å². The van der Waals surface area contributed by atoms with Crippen LogP contribution in [0.2, 0.25) is 0 Å². The van der Waals surface area contributed by atoms with E-state index < -0.39 is 0 Å². The number of hydrogen-bond acceptors (Lipinski definition) is 4. The Balaban J connectivity index is 1.77. The summed E-state index contributed by atoms with van der Waals surface area (Å²) in [5, 5.41) is 5.72. The second-order valence-corrected chi connectivity index (χ2v) is 6.58. The zero-order valence-corrected chi connectivity index (χ0v) is 16.1. The van der Waals surface area contributed by atoms with Crippen LogP contribution < -0.4 is 20.1 Å². The molecule has 0 atom stereocenters. The van der Waals surface area contributed by atoms with E-state index in [9.17, 15) is 9.59 Å². The molecule has 29 heavy (non-hydrogen) atoms. The summed E-state index contributed by atoms with van der Waals surface area (Å²) in [6, 6.07) is 18.1. The van der Waals surface area contributed by atoms with Gasteiger partial charge < -0.3 is 20.1 Å². The van der Waals surface area contributed by atoms with E-state index in [0.29, 0.717) is 34.9 Å². The van der Waals surface area contributed by atoms with E-state index in [1.807, 2.05) is 24.3 Å². The molecule has 2 N–H and O–H groups in total. The zero-order chi connectivity index (χ0) is 20.4. The Kier molecular flexibility index (Phi) is 4.91. The second-order valence-electron chi connectivity index (χ2n) is 6.58.